The Bertz CT molecular complexity index is 71.3. The lowest BCUT2D eigenvalue weighted by Gasteiger charge is -2.04. The van der Waals surface area contributed by atoms with E-state index in [4.69, 9.17) is 0 Å². The molecule has 0 aromatic heterocycles. The van der Waals surface area contributed by atoms with Crippen LogP contribution < -0.4 is 5.32 Å². The van der Waals surface area contributed by atoms with Crippen LogP contribution in [0.1, 0.15) is 20.3 Å². The fraction of sp³-hybridized carbons (Fsp3) is 0.857. The molecule has 0 saturated heterocycles. The van der Waals surface area contributed by atoms with E-state index in [0.717, 1.165) is 13.1 Å². The number of hydrogen-bond acceptors (Lipinski definition) is 2. The molecule has 1 N–H and O–H groups in total. The van der Waals surface area contributed by atoms with Gasteiger partial charge < -0.3 is 5.32 Å². The minimum Gasteiger partial charge on any atom is -0.315 e. The van der Waals surface area contributed by atoms with Gasteiger partial charge in [0.25, 0.3) is 0 Å². The van der Waals surface area contributed by atoms with Crippen LogP contribution in [0.25, 0.3) is 0 Å². The van der Waals surface area contributed by atoms with E-state index in [-0.39, 0.29) is 0 Å². The van der Waals surface area contributed by atoms with Gasteiger partial charge in [0.05, 0.1) is 6.04 Å². The molecule has 9 heavy (non-hydrogen) atoms. The first-order valence-electron chi connectivity index (χ1n) is 3.47. The number of nitrogens with one attached hydrogen (secondary N) is 1. The lowest BCUT2D eigenvalue weighted by Crippen LogP contribution is -2.23. The summed E-state index contributed by atoms with van der Waals surface area (Å²) in [4.78, 5) is 3.85. The Morgan fingerprint density at radius 2 is 2.33 bits per heavy atom. The maximum Gasteiger partial charge on any atom is 0.0588 e. The lowest BCUT2D eigenvalue weighted by atomic mass is 10.3. The summed E-state index contributed by atoms with van der Waals surface area (Å²) in [6.07, 6.45) is 1.18. The average molecular weight is 128 g/mol. The van der Waals surface area contributed by atoms with E-state index in [1.54, 1.807) is 0 Å². The molecule has 1 unspecified atom stereocenters. The standard InChI is InChI=1S/C7H16N2/c1-4-5-9-6-7(2)8-3/h7,9H,3-6H2,1-2H3. The van der Waals surface area contributed by atoms with Crippen LogP contribution in [0.5, 0.6) is 0 Å². The van der Waals surface area contributed by atoms with Gasteiger partial charge in [0.2, 0.25) is 0 Å². The summed E-state index contributed by atoms with van der Waals surface area (Å²) in [5.41, 5.74) is 0. The van der Waals surface area contributed by atoms with Gasteiger partial charge >= 0.3 is 0 Å². The lowest BCUT2D eigenvalue weighted by molar-refractivity contribution is 0.607. The number of nitrogens with zero attached hydrogens (tertiary/aromatic N) is 1. The van der Waals surface area contributed by atoms with Crippen molar-refractivity contribution in [1.82, 2.24) is 5.32 Å². The molecule has 1 atom stereocenters. The first-order valence-corrected chi connectivity index (χ1v) is 3.47. The van der Waals surface area contributed by atoms with E-state index >= 15 is 0 Å². The largest absolute Gasteiger partial charge is 0.315 e. The van der Waals surface area contributed by atoms with Crippen molar-refractivity contribution in [2.45, 2.75) is 26.3 Å². The fourth-order valence-corrected chi connectivity index (χ4v) is 0.552. The van der Waals surface area contributed by atoms with Crippen molar-refractivity contribution in [1.29, 1.82) is 0 Å². The summed E-state index contributed by atoms with van der Waals surface area (Å²) in [5.74, 6) is 0. The zero-order valence-electron chi connectivity index (χ0n) is 6.35. The van der Waals surface area contributed by atoms with Gasteiger partial charge in [-0.2, -0.15) is 0 Å². The molecular weight excluding hydrogens is 112 g/mol. The highest BCUT2D eigenvalue weighted by atomic mass is 14.9. The third kappa shape index (κ3) is 5.50. The Morgan fingerprint density at radius 3 is 2.78 bits per heavy atom. The molecular formula is C7H16N2. The molecule has 0 heterocycles. The van der Waals surface area contributed by atoms with Gasteiger partial charge in [-0.25, -0.2) is 0 Å². The van der Waals surface area contributed by atoms with Gasteiger partial charge in [-0.05, 0) is 26.6 Å². The summed E-state index contributed by atoms with van der Waals surface area (Å²) in [5, 5.41) is 3.25. The maximum absolute atomic E-state index is 3.85. The number of rotatable bonds is 5. The third-order valence-electron chi connectivity index (χ3n) is 1.18. The molecule has 0 rings (SSSR count). The Morgan fingerprint density at radius 1 is 1.67 bits per heavy atom. The summed E-state index contributed by atoms with van der Waals surface area (Å²) >= 11 is 0. The van der Waals surface area contributed by atoms with E-state index in [1.807, 2.05) is 0 Å². The van der Waals surface area contributed by atoms with Gasteiger partial charge in [-0.1, -0.05) is 6.92 Å². The Hall–Kier alpha value is -0.370. The second-order valence-electron chi connectivity index (χ2n) is 2.24. The molecule has 0 bridgehead atoms. The summed E-state index contributed by atoms with van der Waals surface area (Å²) in [7, 11) is 0. The van der Waals surface area contributed by atoms with Crippen LogP contribution in [0.15, 0.2) is 4.99 Å². The molecule has 0 aliphatic heterocycles. The van der Waals surface area contributed by atoms with Crippen LogP contribution in [-0.2, 0) is 0 Å². The molecule has 0 amide bonds. The predicted molar refractivity (Wildman–Crippen MR) is 42.2 cm³/mol. The van der Waals surface area contributed by atoms with Crippen LogP contribution in [0.3, 0.4) is 0 Å². The fourth-order valence-electron chi connectivity index (χ4n) is 0.552. The second-order valence-corrected chi connectivity index (χ2v) is 2.24. The van der Waals surface area contributed by atoms with E-state index in [2.05, 4.69) is 30.9 Å². The SMILES string of the molecule is C=NC(C)CNCCC. The highest BCUT2D eigenvalue weighted by Crippen LogP contribution is 1.82. The topological polar surface area (TPSA) is 24.4 Å². The third-order valence-corrected chi connectivity index (χ3v) is 1.18. The molecule has 54 valence electrons. The molecule has 0 radical (unpaired) electrons. The summed E-state index contributed by atoms with van der Waals surface area (Å²) < 4.78 is 0. The number of aliphatic imine (C=N–C) groups is 1. The molecule has 0 aromatic carbocycles. The second kappa shape index (κ2) is 5.76. The molecule has 0 aliphatic carbocycles. The highest BCUT2D eigenvalue weighted by molar-refractivity contribution is 5.23. The van der Waals surface area contributed by atoms with Gasteiger partial charge in [0.15, 0.2) is 0 Å². The van der Waals surface area contributed by atoms with E-state index < -0.39 is 0 Å². The van der Waals surface area contributed by atoms with Crippen LogP contribution in [0.2, 0.25) is 0 Å². The Kier molecular flexibility index (Phi) is 5.52. The first-order chi connectivity index (χ1) is 4.31. The summed E-state index contributed by atoms with van der Waals surface area (Å²) in [6, 6.07) is 0.358. The van der Waals surface area contributed by atoms with Crippen molar-refractivity contribution in [3.8, 4) is 0 Å². The minimum absolute atomic E-state index is 0.358. The zero-order chi connectivity index (χ0) is 7.11. The average Bonchev–Trinajstić information content (AvgIpc) is 1.89. The van der Waals surface area contributed by atoms with Crippen LogP contribution in [0, 0.1) is 0 Å². The zero-order valence-corrected chi connectivity index (χ0v) is 6.35. The highest BCUT2D eigenvalue weighted by Gasteiger charge is 1.92. The van der Waals surface area contributed by atoms with Crippen molar-refractivity contribution in [2.75, 3.05) is 13.1 Å². The molecule has 2 heteroatoms. The van der Waals surface area contributed by atoms with Gasteiger partial charge in [0.1, 0.15) is 0 Å². The maximum atomic E-state index is 3.85. The molecule has 0 aromatic rings. The monoisotopic (exact) mass is 128 g/mol. The smallest absolute Gasteiger partial charge is 0.0588 e. The number of hydrogen-bond donors (Lipinski definition) is 1. The molecule has 2 nitrogen and oxygen atoms in total. The van der Waals surface area contributed by atoms with Crippen molar-refractivity contribution >= 4 is 6.72 Å². The summed E-state index contributed by atoms with van der Waals surface area (Å²) in [6.45, 7) is 9.69. The van der Waals surface area contributed by atoms with E-state index in [9.17, 15) is 0 Å². The van der Waals surface area contributed by atoms with Crippen LogP contribution in [-0.4, -0.2) is 25.8 Å². The Labute approximate surface area is 57.4 Å². The molecule has 0 fully saturated rings. The Balaban J connectivity index is 2.96. The van der Waals surface area contributed by atoms with Crippen molar-refractivity contribution < 1.29 is 0 Å². The van der Waals surface area contributed by atoms with E-state index in [0.29, 0.717) is 6.04 Å². The minimum atomic E-state index is 0.358. The van der Waals surface area contributed by atoms with Crippen molar-refractivity contribution in [2.24, 2.45) is 4.99 Å². The predicted octanol–water partition coefficient (Wildman–Crippen LogP) is 1.08. The van der Waals surface area contributed by atoms with Gasteiger partial charge in [-0.15, -0.1) is 0 Å². The van der Waals surface area contributed by atoms with Crippen LogP contribution in [0.4, 0.5) is 0 Å². The van der Waals surface area contributed by atoms with Crippen molar-refractivity contribution in [3.63, 3.8) is 0 Å². The van der Waals surface area contributed by atoms with Crippen molar-refractivity contribution in [3.05, 3.63) is 0 Å². The first kappa shape index (κ1) is 8.63. The van der Waals surface area contributed by atoms with Gasteiger partial charge in [0, 0.05) is 6.54 Å². The van der Waals surface area contributed by atoms with E-state index in [1.165, 1.54) is 6.42 Å². The van der Waals surface area contributed by atoms with Gasteiger partial charge in [-0.3, -0.25) is 4.99 Å². The normalized spacial score (nSPS) is 13.1. The molecule has 0 aliphatic rings. The molecule has 0 spiro atoms. The molecule has 0 saturated carbocycles. The van der Waals surface area contributed by atoms with Crippen LogP contribution >= 0.6 is 0 Å². The quantitative estimate of drug-likeness (QED) is 0.435.